The quantitative estimate of drug-likeness (QED) is 0.726. The molecule has 1 rings (SSSR count). The minimum Gasteiger partial charge on any atom is -0.442 e. The third-order valence-corrected chi connectivity index (χ3v) is 3.44. The highest BCUT2D eigenvalue weighted by Crippen LogP contribution is 2.31. The van der Waals surface area contributed by atoms with Gasteiger partial charge < -0.3 is 4.74 Å². The van der Waals surface area contributed by atoms with Crippen LogP contribution in [0.15, 0.2) is 12.7 Å². The van der Waals surface area contributed by atoms with Gasteiger partial charge >= 0.3 is 6.09 Å². The van der Waals surface area contributed by atoms with Crippen molar-refractivity contribution in [1.29, 1.82) is 0 Å². The molecule has 1 heterocycles. The van der Waals surface area contributed by atoms with E-state index in [1.165, 1.54) is 5.06 Å². The first-order chi connectivity index (χ1) is 8.82. The molecule has 4 nitrogen and oxygen atoms in total. The molecule has 0 aromatic carbocycles. The smallest absolute Gasteiger partial charge is 0.435 e. The number of hydrogen-bond acceptors (Lipinski definition) is 3. The molecule has 0 bridgehead atoms. The van der Waals surface area contributed by atoms with Gasteiger partial charge in [0.2, 0.25) is 0 Å². The monoisotopic (exact) mass is 269 g/mol. The molecule has 1 saturated heterocycles. The molecule has 1 aliphatic rings. The van der Waals surface area contributed by atoms with Gasteiger partial charge in [-0.1, -0.05) is 32.8 Å². The zero-order valence-corrected chi connectivity index (χ0v) is 12.8. The SMILES string of the molecule is C=C[C@@H]1C[C@H](C(CC)CC)ON1C(=O)OC(C)(C)C. The molecule has 0 unspecified atom stereocenters. The first-order valence-corrected chi connectivity index (χ1v) is 7.13. The summed E-state index contributed by atoms with van der Waals surface area (Å²) in [6, 6.07) is -0.0968. The summed E-state index contributed by atoms with van der Waals surface area (Å²) >= 11 is 0. The number of carbonyl (C=O) groups is 1. The lowest BCUT2D eigenvalue weighted by molar-refractivity contribution is -0.156. The highest BCUT2D eigenvalue weighted by Gasteiger charge is 2.40. The number of hydroxylamine groups is 2. The van der Waals surface area contributed by atoms with Gasteiger partial charge in [0, 0.05) is 6.42 Å². The van der Waals surface area contributed by atoms with Crippen LogP contribution in [0.5, 0.6) is 0 Å². The molecule has 0 aliphatic carbocycles. The molecule has 1 fully saturated rings. The summed E-state index contributed by atoms with van der Waals surface area (Å²) in [6.07, 6.45) is 4.30. The average molecular weight is 269 g/mol. The van der Waals surface area contributed by atoms with Crippen LogP contribution in [0, 0.1) is 5.92 Å². The molecule has 1 amide bonds. The molecule has 110 valence electrons. The van der Waals surface area contributed by atoms with Gasteiger partial charge in [0.15, 0.2) is 0 Å². The minimum atomic E-state index is -0.515. The van der Waals surface area contributed by atoms with Crippen molar-refractivity contribution in [3.8, 4) is 0 Å². The summed E-state index contributed by atoms with van der Waals surface area (Å²) in [4.78, 5) is 17.9. The van der Waals surface area contributed by atoms with Gasteiger partial charge in [-0.2, -0.15) is 5.06 Å². The zero-order valence-electron chi connectivity index (χ0n) is 12.8. The van der Waals surface area contributed by atoms with Crippen molar-refractivity contribution in [1.82, 2.24) is 5.06 Å². The van der Waals surface area contributed by atoms with Crippen LogP contribution in [0.3, 0.4) is 0 Å². The summed E-state index contributed by atoms with van der Waals surface area (Å²) in [5, 5.41) is 1.35. The van der Waals surface area contributed by atoms with Crippen LogP contribution in [0.4, 0.5) is 4.79 Å². The van der Waals surface area contributed by atoms with Gasteiger partial charge in [-0.15, -0.1) is 6.58 Å². The van der Waals surface area contributed by atoms with E-state index in [2.05, 4.69) is 20.4 Å². The van der Waals surface area contributed by atoms with Crippen molar-refractivity contribution in [3.63, 3.8) is 0 Å². The zero-order chi connectivity index (χ0) is 14.6. The number of nitrogens with zero attached hydrogens (tertiary/aromatic N) is 1. The lowest BCUT2D eigenvalue weighted by Crippen LogP contribution is -2.38. The van der Waals surface area contributed by atoms with Crippen LogP contribution in [-0.4, -0.2) is 28.9 Å². The van der Waals surface area contributed by atoms with E-state index in [0.29, 0.717) is 5.92 Å². The topological polar surface area (TPSA) is 38.8 Å². The standard InChI is InChI=1S/C15H27NO3/c1-7-11(8-2)13-10-12(9-3)16(19-13)14(17)18-15(4,5)6/h9,11-13H,3,7-8,10H2,1-2,4-6H3/t12-,13-/m1/s1. The lowest BCUT2D eigenvalue weighted by Gasteiger charge is -2.26. The van der Waals surface area contributed by atoms with Crippen molar-refractivity contribution in [2.24, 2.45) is 5.92 Å². The highest BCUT2D eigenvalue weighted by atomic mass is 16.7. The minimum absolute atomic E-state index is 0.0746. The predicted octanol–water partition coefficient (Wildman–Crippen LogP) is 3.92. The van der Waals surface area contributed by atoms with Gasteiger partial charge in [0.1, 0.15) is 5.60 Å². The predicted molar refractivity (Wildman–Crippen MR) is 75.6 cm³/mol. The van der Waals surface area contributed by atoms with Crippen LogP contribution < -0.4 is 0 Å². The van der Waals surface area contributed by atoms with Crippen molar-refractivity contribution >= 4 is 6.09 Å². The van der Waals surface area contributed by atoms with E-state index in [1.54, 1.807) is 6.08 Å². The first-order valence-electron chi connectivity index (χ1n) is 7.13. The van der Waals surface area contributed by atoms with Crippen molar-refractivity contribution < 1.29 is 14.4 Å². The Morgan fingerprint density at radius 3 is 2.47 bits per heavy atom. The van der Waals surface area contributed by atoms with Gasteiger partial charge in [-0.05, 0) is 26.7 Å². The van der Waals surface area contributed by atoms with Gasteiger partial charge in [-0.3, -0.25) is 4.84 Å². The van der Waals surface area contributed by atoms with Gasteiger partial charge in [0.05, 0.1) is 12.1 Å². The summed E-state index contributed by atoms with van der Waals surface area (Å²) in [5.74, 6) is 0.467. The number of amides is 1. The number of carbonyl (C=O) groups excluding carboxylic acids is 1. The van der Waals surface area contributed by atoms with Crippen LogP contribution in [0.2, 0.25) is 0 Å². The van der Waals surface area contributed by atoms with Crippen LogP contribution in [0.25, 0.3) is 0 Å². The highest BCUT2D eigenvalue weighted by molar-refractivity contribution is 5.67. The molecular formula is C15H27NO3. The number of ether oxygens (including phenoxy) is 1. The van der Waals surface area contributed by atoms with Crippen molar-refractivity contribution in [2.45, 2.75) is 71.6 Å². The Kier molecular flexibility index (Phi) is 5.41. The molecular weight excluding hydrogens is 242 g/mol. The fourth-order valence-corrected chi connectivity index (χ4v) is 2.37. The third kappa shape index (κ3) is 4.23. The summed E-state index contributed by atoms with van der Waals surface area (Å²) in [5.41, 5.74) is -0.515. The summed E-state index contributed by atoms with van der Waals surface area (Å²) in [7, 11) is 0. The Balaban J connectivity index is 2.73. The molecule has 0 spiro atoms. The molecule has 0 aromatic rings. The molecule has 0 aromatic heterocycles. The summed E-state index contributed by atoms with van der Waals surface area (Å²) < 4.78 is 5.36. The molecule has 1 aliphatic heterocycles. The summed E-state index contributed by atoms with van der Waals surface area (Å²) in [6.45, 7) is 13.6. The Morgan fingerprint density at radius 1 is 1.47 bits per heavy atom. The largest absolute Gasteiger partial charge is 0.442 e. The van der Waals surface area contributed by atoms with Crippen LogP contribution in [-0.2, 0) is 9.57 Å². The Morgan fingerprint density at radius 2 is 2.05 bits per heavy atom. The Labute approximate surface area is 116 Å². The van der Waals surface area contributed by atoms with Crippen molar-refractivity contribution in [2.75, 3.05) is 0 Å². The Hall–Kier alpha value is -1.03. The Bertz CT molecular complexity index is 318. The van der Waals surface area contributed by atoms with E-state index in [0.717, 1.165) is 19.3 Å². The normalized spacial score (nSPS) is 23.8. The van der Waals surface area contributed by atoms with E-state index in [-0.39, 0.29) is 12.1 Å². The van der Waals surface area contributed by atoms with Crippen LogP contribution >= 0.6 is 0 Å². The fraction of sp³-hybridized carbons (Fsp3) is 0.800. The maximum atomic E-state index is 12.1. The van der Waals surface area contributed by atoms with E-state index >= 15 is 0 Å². The number of rotatable bonds is 4. The number of hydrogen-bond donors (Lipinski definition) is 0. The second kappa shape index (κ2) is 6.42. The molecule has 0 saturated carbocycles. The van der Waals surface area contributed by atoms with Crippen molar-refractivity contribution in [3.05, 3.63) is 12.7 Å². The fourth-order valence-electron chi connectivity index (χ4n) is 2.37. The molecule has 19 heavy (non-hydrogen) atoms. The lowest BCUT2D eigenvalue weighted by atomic mass is 9.93. The molecule has 4 heteroatoms. The average Bonchev–Trinajstić information content (AvgIpc) is 2.72. The van der Waals surface area contributed by atoms with E-state index in [4.69, 9.17) is 9.57 Å². The van der Waals surface area contributed by atoms with Gasteiger partial charge in [0.25, 0.3) is 0 Å². The molecule has 0 radical (unpaired) electrons. The molecule has 2 atom stereocenters. The second-order valence-electron chi connectivity index (χ2n) is 6.07. The van der Waals surface area contributed by atoms with Gasteiger partial charge in [-0.25, -0.2) is 4.79 Å². The van der Waals surface area contributed by atoms with E-state index in [9.17, 15) is 4.79 Å². The van der Waals surface area contributed by atoms with E-state index in [1.807, 2.05) is 20.8 Å². The molecule has 0 N–H and O–H groups in total. The maximum Gasteiger partial charge on any atom is 0.435 e. The second-order valence-corrected chi connectivity index (χ2v) is 6.07. The van der Waals surface area contributed by atoms with Crippen LogP contribution in [0.1, 0.15) is 53.9 Å². The first kappa shape index (κ1) is 16.0. The van der Waals surface area contributed by atoms with E-state index < -0.39 is 11.7 Å². The maximum absolute atomic E-state index is 12.1. The third-order valence-electron chi connectivity index (χ3n) is 3.44.